The molecule has 0 atom stereocenters. The molecule has 7 aromatic rings. The van der Waals surface area contributed by atoms with Crippen molar-refractivity contribution in [3.8, 4) is 16.8 Å². The summed E-state index contributed by atoms with van der Waals surface area (Å²) < 4.78 is 3.40. The van der Waals surface area contributed by atoms with Crippen LogP contribution in [-0.2, 0) is 7.05 Å². The summed E-state index contributed by atoms with van der Waals surface area (Å²) >= 11 is 0. The summed E-state index contributed by atoms with van der Waals surface area (Å²) in [7, 11) is 1.78. The number of hydrogen-bond donors (Lipinski definition) is 1. The number of pyridine rings is 2. The third-order valence-corrected chi connectivity index (χ3v) is 8.41. The number of hydrogen-bond acceptors (Lipinski definition) is 6. The molecule has 0 radical (unpaired) electrons. The molecule has 10 heteroatoms. The lowest BCUT2D eigenvalue weighted by molar-refractivity contribution is 0.0761. The molecule has 44 heavy (non-hydrogen) atoms. The van der Waals surface area contributed by atoms with Crippen LogP contribution in [0, 0.1) is 0 Å². The third-order valence-electron chi connectivity index (χ3n) is 8.41. The minimum absolute atomic E-state index is 0.141. The second kappa shape index (κ2) is 10.1. The van der Waals surface area contributed by atoms with E-state index in [1.165, 1.54) is 6.33 Å². The van der Waals surface area contributed by atoms with E-state index in [2.05, 4.69) is 49.4 Å². The minimum Gasteiger partial charge on any atom is -0.332 e. The number of nitrogens with one attached hydrogen (secondary N) is 1. The number of nitrogens with zero attached hydrogens (tertiary/aromatic N) is 7. The lowest BCUT2D eigenvalue weighted by atomic mass is 9.99. The first-order valence-corrected chi connectivity index (χ1v) is 14.4. The van der Waals surface area contributed by atoms with Gasteiger partial charge in [0.25, 0.3) is 5.91 Å². The largest absolute Gasteiger partial charge is 0.333 e. The van der Waals surface area contributed by atoms with Crippen LogP contribution >= 0.6 is 0 Å². The fourth-order valence-electron chi connectivity index (χ4n) is 6.04. The summed E-state index contributed by atoms with van der Waals surface area (Å²) in [5.74, 6) is -0.00973. The van der Waals surface area contributed by atoms with Gasteiger partial charge in [0.1, 0.15) is 6.33 Å². The topological polar surface area (TPSA) is 115 Å². The Balaban J connectivity index is 1.17. The normalized spacial score (nSPS) is 13.6. The number of aromatic amines is 1. The number of carbonyl (C=O) groups excluding carboxylic acids is 1. The first kappa shape index (κ1) is 25.8. The summed E-state index contributed by atoms with van der Waals surface area (Å²) in [5, 5.41) is 8.45. The van der Waals surface area contributed by atoms with Crippen LogP contribution in [-0.4, -0.2) is 58.2 Å². The minimum atomic E-state index is -0.186. The Bertz CT molecular complexity index is 2310. The summed E-state index contributed by atoms with van der Waals surface area (Å²) in [6.45, 7) is 1.07. The molecule has 3 aromatic carbocycles. The maximum atomic E-state index is 13.6. The van der Waals surface area contributed by atoms with E-state index in [0.29, 0.717) is 19.5 Å². The van der Waals surface area contributed by atoms with Gasteiger partial charge in [-0.15, -0.1) is 5.10 Å². The zero-order valence-corrected chi connectivity index (χ0v) is 23.8. The molecule has 0 saturated carbocycles. The molecule has 0 unspecified atom stereocenters. The van der Waals surface area contributed by atoms with Crippen LogP contribution in [0.1, 0.15) is 22.6 Å². The van der Waals surface area contributed by atoms with Crippen LogP contribution in [0.2, 0.25) is 0 Å². The van der Waals surface area contributed by atoms with E-state index >= 15 is 0 Å². The van der Waals surface area contributed by atoms with Gasteiger partial charge in [-0.25, -0.2) is 9.78 Å². The van der Waals surface area contributed by atoms with Crippen molar-refractivity contribution in [2.75, 3.05) is 13.1 Å². The van der Waals surface area contributed by atoms with Gasteiger partial charge in [-0.3, -0.25) is 29.0 Å². The van der Waals surface area contributed by atoms with E-state index in [-0.39, 0.29) is 17.4 Å². The lowest BCUT2D eigenvalue weighted by Gasteiger charge is -2.25. The number of benzene rings is 3. The second-order valence-corrected chi connectivity index (χ2v) is 10.9. The van der Waals surface area contributed by atoms with Gasteiger partial charge in [-0.2, -0.15) is 0 Å². The Morgan fingerprint density at radius 2 is 1.68 bits per heavy atom. The average molecular weight is 579 g/mol. The molecule has 1 aliphatic rings. The molecule has 0 fully saturated rings. The van der Waals surface area contributed by atoms with Gasteiger partial charge in [0, 0.05) is 42.7 Å². The van der Waals surface area contributed by atoms with E-state index in [4.69, 9.17) is 0 Å². The van der Waals surface area contributed by atoms with Crippen LogP contribution in [0.25, 0.3) is 55.2 Å². The van der Waals surface area contributed by atoms with Gasteiger partial charge in [0.05, 0.1) is 34.0 Å². The predicted octanol–water partition coefficient (Wildman–Crippen LogP) is 5.14. The quantitative estimate of drug-likeness (QED) is 0.309. The number of rotatable bonds is 4. The van der Waals surface area contributed by atoms with Crippen molar-refractivity contribution in [3.63, 3.8) is 0 Å². The maximum Gasteiger partial charge on any atom is 0.333 e. The highest BCUT2D eigenvalue weighted by molar-refractivity contribution is 6.05. The van der Waals surface area contributed by atoms with Gasteiger partial charge < -0.3 is 4.90 Å². The molecule has 8 rings (SSSR count). The van der Waals surface area contributed by atoms with Gasteiger partial charge in [-0.1, -0.05) is 42.5 Å². The second-order valence-electron chi connectivity index (χ2n) is 10.9. The van der Waals surface area contributed by atoms with Gasteiger partial charge in [-0.05, 0) is 59.5 Å². The number of aromatic nitrogens is 7. The number of imidazole rings is 1. The van der Waals surface area contributed by atoms with E-state index < -0.39 is 0 Å². The SMILES string of the molecule is Cn1c(=O)n(-c2ccc(C3=CCN(C(=O)c4nc[nH]n4)CC3)cc2)c2c3cc(-c4cnc5ccccc5c4)ccc3ncc21. The molecule has 5 heterocycles. The van der Waals surface area contributed by atoms with E-state index in [9.17, 15) is 9.59 Å². The van der Waals surface area contributed by atoms with Crippen molar-refractivity contribution < 1.29 is 4.79 Å². The van der Waals surface area contributed by atoms with E-state index in [1.807, 2.05) is 60.8 Å². The Morgan fingerprint density at radius 3 is 2.48 bits per heavy atom. The highest BCUT2D eigenvalue weighted by atomic mass is 16.2. The van der Waals surface area contributed by atoms with E-state index in [0.717, 1.165) is 60.8 Å². The summed E-state index contributed by atoms with van der Waals surface area (Å²) in [6.07, 6.45) is 7.83. The summed E-state index contributed by atoms with van der Waals surface area (Å²) in [5.41, 5.74) is 8.17. The van der Waals surface area contributed by atoms with Crippen LogP contribution in [0.3, 0.4) is 0 Å². The molecule has 1 N–H and O–H groups in total. The molecular formula is C34H26N8O2. The average Bonchev–Trinajstić information content (AvgIpc) is 3.71. The monoisotopic (exact) mass is 578 g/mol. The number of amides is 1. The van der Waals surface area contributed by atoms with Crippen molar-refractivity contribution in [3.05, 3.63) is 119 Å². The fraction of sp³-hybridized carbons (Fsp3) is 0.118. The van der Waals surface area contributed by atoms with Gasteiger partial charge in [0.15, 0.2) is 0 Å². The first-order chi connectivity index (χ1) is 21.5. The summed E-state index contributed by atoms with van der Waals surface area (Å²) in [4.78, 5) is 41.3. The molecule has 10 nitrogen and oxygen atoms in total. The highest BCUT2D eigenvalue weighted by Gasteiger charge is 2.22. The molecular weight excluding hydrogens is 552 g/mol. The lowest BCUT2D eigenvalue weighted by Crippen LogP contribution is -2.35. The predicted molar refractivity (Wildman–Crippen MR) is 169 cm³/mol. The molecule has 0 bridgehead atoms. The van der Waals surface area contributed by atoms with Crippen LogP contribution in [0.4, 0.5) is 0 Å². The van der Waals surface area contributed by atoms with E-state index in [1.54, 1.807) is 27.3 Å². The molecule has 0 aliphatic carbocycles. The highest BCUT2D eigenvalue weighted by Crippen LogP contribution is 2.31. The zero-order chi connectivity index (χ0) is 29.8. The van der Waals surface area contributed by atoms with Crippen molar-refractivity contribution >= 4 is 44.3 Å². The molecule has 0 saturated heterocycles. The van der Waals surface area contributed by atoms with Crippen molar-refractivity contribution in [1.29, 1.82) is 0 Å². The molecule has 4 aromatic heterocycles. The van der Waals surface area contributed by atoms with Crippen molar-refractivity contribution in [1.82, 2.24) is 39.2 Å². The number of para-hydroxylation sites is 1. The number of aryl methyl sites for hydroxylation is 1. The zero-order valence-electron chi connectivity index (χ0n) is 23.8. The Kier molecular flexibility index (Phi) is 5.93. The maximum absolute atomic E-state index is 13.6. The standard InChI is InChI=1S/C34H26N8O2/c1-40-30-19-36-29-11-8-23(25-16-24-4-2-3-5-28(24)35-18-25)17-27(29)31(30)42(34(40)44)26-9-6-21(7-10-26)22-12-14-41(15-13-22)33(43)32-37-20-38-39-32/h2-12,16-20H,13-15H2,1H3,(H,37,38,39). The smallest absolute Gasteiger partial charge is 0.332 e. The van der Waals surface area contributed by atoms with Crippen LogP contribution in [0.5, 0.6) is 0 Å². The number of fused-ring (bicyclic) bond motifs is 4. The summed E-state index contributed by atoms with van der Waals surface area (Å²) in [6, 6.07) is 24.4. The Morgan fingerprint density at radius 1 is 0.864 bits per heavy atom. The van der Waals surface area contributed by atoms with Crippen molar-refractivity contribution in [2.45, 2.75) is 6.42 Å². The third kappa shape index (κ3) is 4.18. The van der Waals surface area contributed by atoms with Crippen LogP contribution < -0.4 is 5.69 Å². The van der Waals surface area contributed by atoms with Gasteiger partial charge in [0.2, 0.25) is 5.82 Å². The Labute approximate surface area is 250 Å². The van der Waals surface area contributed by atoms with Crippen LogP contribution in [0.15, 0.2) is 102 Å². The van der Waals surface area contributed by atoms with Gasteiger partial charge >= 0.3 is 5.69 Å². The number of carbonyl (C=O) groups is 1. The molecule has 0 spiro atoms. The molecule has 214 valence electrons. The Hall–Kier alpha value is -5.90. The molecule has 1 aliphatic heterocycles. The van der Waals surface area contributed by atoms with Crippen molar-refractivity contribution in [2.24, 2.45) is 7.05 Å². The first-order valence-electron chi connectivity index (χ1n) is 14.4. The number of H-pyrrole nitrogens is 1. The fourth-order valence-corrected chi connectivity index (χ4v) is 6.04. The molecule has 1 amide bonds.